The van der Waals surface area contributed by atoms with Crippen LogP contribution in [0.25, 0.3) is 0 Å². The molecule has 0 unspecified atom stereocenters. The number of hydrogen-bond acceptors (Lipinski definition) is 6. The summed E-state index contributed by atoms with van der Waals surface area (Å²) in [5.41, 5.74) is 1.86. The van der Waals surface area contributed by atoms with Gasteiger partial charge in [-0.1, -0.05) is 48.8 Å². The van der Waals surface area contributed by atoms with Gasteiger partial charge in [-0.05, 0) is 41.8 Å². The molecule has 0 saturated carbocycles. The van der Waals surface area contributed by atoms with E-state index in [1.807, 2.05) is 42.7 Å². The fourth-order valence-corrected chi connectivity index (χ4v) is 4.86. The smallest absolute Gasteiger partial charge is 0.414 e. The number of carbonyl (C=O) groups excluding carboxylic acids is 2. The Morgan fingerprint density at radius 3 is 2.41 bits per heavy atom. The Labute approximate surface area is 200 Å². The topological polar surface area (TPSA) is 86.1 Å². The number of rotatable bonds is 7. The average molecular weight is 493 g/mol. The Kier molecular flexibility index (Phi) is 8.17. The molecule has 0 spiro atoms. The van der Waals surface area contributed by atoms with Gasteiger partial charge in [0.05, 0.1) is 12.2 Å². The summed E-state index contributed by atoms with van der Waals surface area (Å²) < 4.78 is 7.23. The second-order valence-corrected chi connectivity index (χ2v) is 9.21. The molecule has 0 aliphatic rings. The van der Waals surface area contributed by atoms with Gasteiger partial charge in [-0.25, -0.2) is 9.78 Å². The quantitative estimate of drug-likeness (QED) is 0.456. The van der Waals surface area contributed by atoms with E-state index < -0.39 is 12.0 Å². The van der Waals surface area contributed by atoms with E-state index in [4.69, 9.17) is 32.9 Å². The molecule has 32 heavy (non-hydrogen) atoms. The average Bonchev–Trinajstić information content (AvgIpc) is 3.03. The van der Waals surface area contributed by atoms with Crippen molar-refractivity contribution in [3.05, 3.63) is 69.9 Å². The third-order valence-corrected chi connectivity index (χ3v) is 5.85. The van der Waals surface area contributed by atoms with Gasteiger partial charge in [0.15, 0.2) is 6.61 Å². The summed E-state index contributed by atoms with van der Waals surface area (Å²) in [5, 5.41) is 4.06. The van der Waals surface area contributed by atoms with Gasteiger partial charge in [-0.3, -0.25) is 15.1 Å². The minimum atomic E-state index is -0.821. The van der Waals surface area contributed by atoms with Crippen molar-refractivity contribution in [2.24, 2.45) is 0 Å². The lowest BCUT2D eigenvalue weighted by Crippen LogP contribution is -2.28. The van der Waals surface area contributed by atoms with Gasteiger partial charge < -0.3 is 9.30 Å². The summed E-state index contributed by atoms with van der Waals surface area (Å²) in [7, 11) is 0. The van der Waals surface area contributed by atoms with Crippen LogP contribution in [0.15, 0.2) is 52.6 Å². The van der Waals surface area contributed by atoms with Crippen LogP contribution < -0.4 is 5.32 Å². The number of nitrogens with one attached hydrogen (secondary N) is 1. The van der Waals surface area contributed by atoms with E-state index in [0.29, 0.717) is 22.4 Å². The Morgan fingerprint density at radius 2 is 1.81 bits per heavy atom. The number of benzene rings is 1. The number of ether oxygens (including phenoxy) is 1. The monoisotopic (exact) mass is 492 g/mol. The van der Waals surface area contributed by atoms with Crippen molar-refractivity contribution in [2.45, 2.75) is 49.8 Å². The highest BCUT2D eigenvalue weighted by Crippen LogP contribution is 2.37. The van der Waals surface area contributed by atoms with E-state index in [2.05, 4.69) is 10.3 Å². The molecule has 1 N–H and O–H groups in total. The lowest BCUT2D eigenvalue weighted by molar-refractivity contribution is -0.118. The first-order chi connectivity index (χ1) is 15.2. The molecule has 1 aromatic carbocycles. The van der Waals surface area contributed by atoms with E-state index in [-0.39, 0.29) is 12.5 Å². The number of nitrogens with zero attached hydrogens (tertiary/aromatic N) is 3. The molecule has 0 aliphatic heterocycles. The van der Waals surface area contributed by atoms with Crippen LogP contribution >= 0.6 is 35.0 Å². The van der Waals surface area contributed by atoms with E-state index in [1.54, 1.807) is 18.5 Å². The van der Waals surface area contributed by atoms with Crippen LogP contribution in [0.5, 0.6) is 0 Å². The molecular weight excluding hydrogens is 471 g/mol. The lowest BCUT2D eigenvalue weighted by Gasteiger charge is -2.14. The number of amides is 2. The number of halogens is 2. The fraction of sp³-hybridized carbons (Fsp3) is 0.273. The lowest BCUT2D eigenvalue weighted by atomic mass is 10.1. The van der Waals surface area contributed by atoms with E-state index >= 15 is 0 Å². The predicted molar refractivity (Wildman–Crippen MR) is 124 cm³/mol. The van der Waals surface area contributed by atoms with Crippen LogP contribution in [0.3, 0.4) is 0 Å². The highest BCUT2D eigenvalue weighted by molar-refractivity contribution is 7.99. The molecule has 0 atom stereocenters. The van der Waals surface area contributed by atoms with E-state index in [9.17, 15) is 9.59 Å². The van der Waals surface area contributed by atoms with Gasteiger partial charge in [-0.2, -0.15) is 0 Å². The van der Waals surface area contributed by atoms with Gasteiger partial charge in [-0.15, -0.1) is 0 Å². The van der Waals surface area contributed by atoms with Crippen molar-refractivity contribution in [1.82, 2.24) is 19.9 Å². The Bertz CT molecular complexity index is 1100. The molecule has 10 heteroatoms. The number of hydrogen-bond donors (Lipinski definition) is 1. The zero-order valence-electron chi connectivity index (χ0n) is 17.8. The minimum Gasteiger partial charge on any atom is -0.441 e. The first-order valence-electron chi connectivity index (χ1n) is 9.79. The maximum atomic E-state index is 11.9. The fourth-order valence-electron chi connectivity index (χ4n) is 2.94. The molecule has 0 radical (unpaired) electrons. The highest BCUT2D eigenvalue weighted by atomic mass is 35.5. The number of carbonyl (C=O) groups is 2. The molecule has 0 fully saturated rings. The maximum Gasteiger partial charge on any atom is 0.414 e. The molecule has 2 aromatic heterocycles. The number of aromatic nitrogens is 3. The van der Waals surface area contributed by atoms with Crippen LogP contribution in [-0.2, 0) is 22.7 Å². The van der Waals surface area contributed by atoms with Crippen molar-refractivity contribution in [3.8, 4) is 0 Å². The third-order valence-electron chi connectivity index (χ3n) is 4.32. The summed E-state index contributed by atoms with van der Waals surface area (Å²) in [5.74, 6) is 0.169. The molecule has 0 aliphatic carbocycles. The number of pyridine rings is 1. The zero-order valence-corrected chi connectivity index (χ0v) is 20.1. The van der Waals surface area contributed by atoms with Crippen molar-refractivity contribution in [3.63, 3.8) is 0 Å². The van der Waals surface area contributed by atoms with E-state index in [0.717, 1.165) is 21.2 Å². The van der Waals surface area contributed by atoms with Crippen molar-refractivity contribution in [1.29, 1.82) is 0 Å². The zero-order chi connectivity index (χ0) is 23.3. The van der Waals surface area contributed by atoms with Gasteiger partial charge in [0.2, 0.25) is 5.91 Å². The van der Waals surface area contributed by atoms with Crippen LogP contribution in [0.1, 0.15) is 43.8 Å². The molecule has 0 saturated heterocycles. The summed E-state index contributed by atoms with van der Waals surface area (Å²) in [6.07, 6.45) is 2.61. The Hall–Kier alpha value is -2.55. The van der Waals surface area contributed by atoms with Gasteiger partial charge in [0, 0.05) is 34.3 Å². The molecule has 0 bridgehead atoms. The van der Waals surface area contributed by atoms with Gasteiger partial charge in [0.25, 0.3) is 0 Å². The summed E-state index contributed by atoms with van der Waals surface area (Å²) in [6.45, 7) is 5.72. The minimum absolute atomic E-state index is 0.0964. The Balaban J connectivity index is 2.02. The first kappa shape index (κ1) is 24.1. The summed E-state index contributed by atoms with van der Waals surface area (Å²) in [6, 6.07) is 9.17. The largest absolute Gasteiger partial charge is 0.441 e. The second kappa shape index (κ2) is 10.8. The maximum absolute atomic E-state index is 11.9. The van der Waals surface area contributed by atoms with Crippen molar-refractivity contribution >= 4 is 47.0 Å². The molecule has 168 valence electrons. The van der Waals surface area contributed by atoms with Gasteiger partial charge in [0.1, 0.15) is 10.9 Å². The number of imidazole rings is 1. The van der Waals surface area contributed by atoms with Crippen LogP contribution in [0.2, 0.25) is 10.0 Å². The highest BCUT2D eigenvalue weighted by Gasteiger charge is 2.22. The predicted octanol–water partition coefficient (Wildman–Crippen LogP) is 5.68. The second-order valence-electron chi connectivity index (χ2n) is 7.28. The molecule has 2 amide bonds. The molecule has 7 nitrogen and oxygen atoms in total. The number of imide groups is 1. The normalized spacial score (nSPS) is 10.9. The molecule has 3 aromatic rings. The third kappa shape index (κ3) is 6.48. The van der Waals surface area contributed by atoms with Crippen molar-refractivity contribution in [2.75, 3.05) is 0 Å². The van der Waals surface area contributed by atoms with E-state index in [1.165, 1.54) is 18.7 Å². The summed E-state index contributed by atoms with van der Waals surface area (Å²) in [4.78, 5) is 32.7. The van der Waals surface area contributed by atoms with Crippen LogP contribution in [-0.4, -0.2) is 26.5 Å². The standard InChI is InChI=1S/C22H22Cl2N4O3S/c1-13(2)20-21(32-18-9-16(23)8-17(24)10-18)28(11-15-4-6-25-7-5-15)19(27-20)12-31-22(30)26-14(3)29/h4-10,13H,11-12H2,1-3H3,(H,26,29,30). The first-order valence-corrected chi connectivity index (χ1v) is 11.4. The molecule has 2 heterocycles. The summed E-state index contributed by atoms with van der Waals surface area (Å²) >= 11 is 13.9. The Morgan fingerprint density at radius 1 is 1.16 bits per heavy atom. The SMILES string of the molecule is CC(=O)NC(=O)OCc1nc(C(C)C)c(Sc2cc(Cl)cc(Cl)c2)n1Cc1ccncc1. The van der Waals surface area contributed by atoms with Crippen LogP contribution in [0, 0.1) is 0 Å². The van der Waals surface area contributed by atoms with Crippen molar-refractivity contribution < 1.29 is 14.3 Å². The van der Waals surface area contributed by atoms with Gasteiger partial charge >= 0.3 is 6.09 Å². The van der Waals surface area contributed by atoms with Crippen LogP contribution in [0.4, 0.5) is 4.79 Å². The molecular formula is C22H22Cl2N4O3S. The number of alkyl carbamates (subject to hydrolysis) is 1. The molecule has 3 rings (SSSR count).